The molecule has 1 aromatic heterocycles. The molecule has 1 aromatic carbocycles. The summed E-state index contributed by atoms with van der Waals surface area (Å²) in [5.41, 5.74) is 3.77. The van der Waals surface area contributed by atoms with Crippen LogP contribution in [-0.2, 0) is 14.3 Å². The zero-order chi connectivity index (χ0) is 23.8. The van der Waals surface area contributed by atoms with E-state index in [4.69, 9.17) is 4.74 Å². The summed E-state index contributed by atoms with van der Waals surface area (Å²) in [6.07, 6.45) is 5.89. The maximum absolute atomic E-state index is 13.2. The van der Waals surface area contributed by atoms with E-state index in [0.717, 1.165) is 48.6 Å². The van der Waals surface area contributed by atoms with Gasteiger partial charge in [0.25, 0.3) is 0 Å². The Morgan fingerprint density at radius 1 is 1.21 bits per heavy atom. The molecule has 1 aliphatic rings. The lowest BCUT2D eigenvalue weighted by molar-refractivity contribution is -0.143. The number of para-hydroxylation sites is 1. The van der Waals surface area contributed by atoms with Crippen molar-refractivity contribution in [3.63, 3.8) is 0 Å². The molecular weight excluding hydrogens is 416 g/mol. The molecule has 3 rings (SSSR count). The highest BCUT2D eigenvalue weighted by Gasteiger charge is 2.27. The van der Waals surface area contributed by atoms with E-state index in [1.54, 1.807) is 17.9 Å². The first-order valence-corrected chi connectivity index (χ1v) is 11.9. The number of ether oxygens (including phenoxy) is 1. The number of benzene rings is 1. The van der Waals surface area contributed by atoms with Gasteiger partial charge in [0.1, 0.15) is 0 Å². The number of likely N-dealkylation sites (tertiary alicyclic amines) is 1. The third-order valence-corrected chi connectivity index (χ3v) is 6.28. The molecule has 178 valence electrons. The van der Waals surface area contributed by atoms with Gasteiger partial charge in [-0.05, 0) is 64.9 Å². The highest BCUT2D eigenvalue weighted by molar-refractivity contribution is 5.92. The molecule has 1 unspecified atom stereocenters. The molecule has 0 saturated carbocycles. The third-order valence-electron chi connectivity index (χ3n) is 6.28. The number of rotatable bonds is 10. The van der Waals surface area contributed by atoms with Gasteiger partial charge in [-0.3, -0.25) is 14.5 Å². The van der Waals surface area contributed by atoms with Gasteiger partial charge in [-0.1, -0.05) is 25.1 Å². The van der Waals surface area contributed by atoms with Crippen LogP contribution in [0.1, 0.15) is 50.1 Å². The van der Waals surface area contributed by atoms with E-state index >= 15 is 0 Å². The predicted molar refractivity (Wildman–Crippen MR) is 130 cm³/mol. The molecule has 7 nitrogen and oxygen atoms in total. The molecule has 1 saturated heterocycles. The SMILES string of the molecule is CCOC(=O)CCN(CC1CCCN1CC)C(=O)/C=C/c1c(C)nn(-c2ccccc2)c1C. The number of carbonyl (C=O) groups excluding carboxylic acids is 2. The van der Waals surface area contributed by atoms with Crippen LogP contribution in [0.4, 0.5) is 0 Å². The molecule has 0 N–H and O–H groups in total. The maximum atomic E-state index is 13.2. The summed E-state index contributed by atoms with van der Waals surface area (Å²) in [7, 11) is 0. The van der Waals surface area contributed by atoms with E-state index in [-0.39, 0.29) is 18.3 Å². The van der Waals surface area contributed by atoms with Crippen molar-refractivity contribution < 1.29 is 14.3 Å². The monoisotopic (exact) mass is 452 g/mol. The van der Waals surface area contributed by atoms with Gasteiger partial charge in [0.15, 0.2) is 0 Å². The van der Waals surface area contributed by atoms with E-state index in [9.17, 15) is 9.59 Å². The van der Waals surface area contributed by atoms with E-state index in [2.05, 4.69) is 16.9 Å². The van der Waals surface area contributed by atoms with Crippen molar-refractivity contribution in [3.05, 3.63) is 53.4 Å². The van der Waals surface area contributed by atoms with Crippen molar-refractivity contribution in [3.8, 4) is 5.69 Å². The van der Waals surface area contributed by atoms with Crippen molar-refractivity contribution >= 4 is 18.0 Å². The Labute approximate surface area is 197 Å². The summed E-state index contributed by atoms with van der Waals surface area (Å²) < 4.78 is 6.97. The molecular formula is C26H36N4O3. The van der Waals surface area contributed by atoms with Crippen LogP contribution in [0, 0.1) is 13.8 Å². The van der Waals surface area contributed by atoms with Gasteiger partial charge in [-0.15, -0.1) is 0 Å². The normalized spacial score (nSPS) is 16.4. The third kappa shape index (κ3) is 6.32. The Hall–Kier alpha value is -2.93. The Morgan fingerprint density at radius 2 is 1.97 bits per heavy atom. The molecule has 7 heteroatoms. The number of esters is 1. The first kappa shape index (κ1) is 24.7. The fourth-order valence-corrected chi connectivity index (χ4v) is 4.50. The Kier molecular flexibility index (Phi) is 8.83. The first-order chi connectivity index (χ1) is 15.9. The summed E-state index contributed by atoms with van der Waals surface area (Å²) in [6, 6.07) is 10.3. The number of aromatic nitrogens is 2. The van der Waals surface area contributed by atoms with Crippen LogP contribution in [0.5, 0.6) is 0 Å². The Balaban J connectivity index is 1.76. The van der Waals surface area contributed by atoms with Gasteiger partial charge < -0.3 is 9.64 Å². The highest BCUT2D eigenvalue weighted by Crippen LogP contribution is 2.21. The fourth-order valence-electron chi connectivity index (χ4n) is 4.50. The standard InChI is InChI=1S/C26H36N4O3/c1-5-28-17-10-13-23(28)19-29(18-16-26(32)33-6-2)25(31)15-14-24-20(3)27-30(21(24)4)22-11-8-7-9-12-22/h7-9,11-12,14-15,23H,5-6,10,13,16-19H2,1-4H3/b15-14+. The molecule has 2 aromatic rings. The smallest absolute Gasteiger partial charge is 0.307 e. The van der Waals surface area contributed by atoms with Gasteiger partial charge in [0, 0.05) is 36.5 Å². The van der Waals surface area contributed by atoms with E-state index < -0.39 is 0 Å². The Bertz CT molecular complexity index is 967. The van der Waals surface area contributed by atoms with Gasteiger partial charge >= 0.3 is 5.97 Å². The molecule has 0 radical (unpaired) electrons. The molecule has 1 fully saturated rings. The minimum absolute atomic E-state index is 0.0893. The van der Waals surface area contributed by atoms with Crippen molar-refractivity contribution in [1.82, 2.24) is 19.6 Å². The molecule has 0 aliphatic carbocycles. The minimum atomic E-state index is -0.270. The summed E-state index contributed by atoms with van der Waals surface area (Å²) >= 11 is 0. The van der Waals surface area contributed by atoms with Gasteiger partial charge in [0.2, 0.25) is 5.91 Å². The van der Waals surface area contributed by atoms with Crippen molar-refractivity contribution in [2.45, 2.75) is 53.0 Å². The van der Waals surface area contributed by atoms with E-state index in [1.807, 2.05) is 54.9 Å². The van der Waals surface area contributed by atoms with Gasteiger partial charge in [-0.2, -0.15) is 5.10 Å². The zero-order valence-corrected chi connectivity index (χ0v) is 20.3. The van der Waals surface area contributed by atoms with E-state index in [0.29, 0.717) is 25.7 Å². The average Bonchev–Trinajstić information content (AvgIpc) is 3.38. The summed E-state index contributed by atoms with van der Waals surface area (Å²) in [4.78, 5) is 29.3. The molecule has 0 spiro atoms. The lowest BCUT2D eigenvalue weighted by Gasteiger charge is -2.29. The van der Waals surface area contributed by atoms with Crippen LogP contribution in [0.2, 0.25) is 0 Å². The number of amides is 1. The fraction of sp³-hybridized carbons (Fsp3) is 0.500. The summed E-state index contributed by atoms with van der Waals surface area (Å²) in [5, 5.41) is 4.66. The van der Waals surface area contributed by atoms with Crippen molar-refractivity contribution in [1.29, 1.82) is 0 Å². The molecule has 0 bridgehead atoms. The zero-order valence-electron chi connectivity index (χ0n) is 20.3. The number of aryl methyl sites for hydroxylation is 1. The lowest BCUT2D eigenvalue weighted by Crippen LogP contribution is -2.43. The summed E-state index contributed by atoms with van der Waals surface area (Å²) in [5.74, 6) is -0.359. The Morgan fingerprint density at radius 3 is 2.67 bits per heavy atom. The second-order valence-electron chi connectivity index (χ2n) is 8.43. The second kappa shape index (κ2) is 11.8. The van der Waals surface area contributed by atoms with Crippen LogP contribution < -0.4 is 0 Å². The van der Waals surface area contributed by atoms with Crippen LogP contribution in [-0.4, -0.2) is 70.3 Å². The van der Waals surface area contributed by atoms with Crippen LogP contribution in [0.15, 0.2) is 36.4 Å². The van der Waals surface area contributed by atoms with Gasteiger partial charge in [-0.25, -0.2) is 4.68 Å². The number of hydrogen-bond donors (Lipinski definition) is 0. The largest absolute Gasteiger partial charge is 0.466 e. The predicted octanol–water partition coefficient (Wildman–Crippen LogP) is 3.77. The van der Waals surface area contributed by atoms with Crippen molar-refractivity contribution in [2.24, 2.45) is 0 Å². The van der Waals surface area contributed by atoms with Crippen molar-refractivity contribution in [2.75, 3.05) is 32.8 Å². The molecule has 1 amide bonds. The topological polar surface area (TPSA) is 67.7 Å². The highest BCUT2D eigenvalue weighted by atomic mass is 16.5. The van der Waals surface area contributed by atoms with Crippen LogP contribution >= 0.6 is 0 Å². The molecule has 1 aliphatic heterocycles. The summed E-state index contributed by atoms with van der Waals surface area (Å²) in [6.45, 7) is 11.3. The second-order valence-corrected chi connectivity index (χ2v) is 8.43. The number of nitrogens with zero attached hydrogens (tertiary/aromatic N) is 4. The molecule has 33 heavy (non-hydrogen) atoms. The van der Waals surface area contributed by atoms with Crippen LogP contribution in [0.25, 0.3) is 11.8 Å². The lowest BCUT2D eigenvalue weighted by atomic mass is 10.1. The minimum Gasteiger partial charge on any atom is -0.466 e. The average molecular weight is 453 g/mol. The molecule has 1 atom stereocenters. The maximum Gasteiger partial charge on any atom is 0.307 e. The quantitative estimate of drug-likeness (QED) is 0.406. The molecule has 2 heterocycles. The number of hydrogen-bond acceptors (Lipinski definition) is 5. The van der Waals surface area contributed by atoms with E-state index in [1.165, 1.54) is 0 Å². The number of likely N-dealkylation sites (N-methyl/N-ethyl adjacent to an activating group) is 1. The van der Waals surface area contributed by atoms with Gasteiger partial charge in [0.05, 0.1) is 24.4 Å². The number of carbonyl (C=O) groups is 2. The first-order valence-electron chi connectivity index (χ1n) is 11.9. The van der Waals surface area contributed by atoms with Crippen LogP contribution in [0.3, 0.4) is 0 Å².